The first-order valence-corrected chi connectivity index (χ1v) is 14.2. The van der Waals surface area contributed by atoms with Gasteiger partial charge in [-0.3, -0.25) is 9.78 Å². The van der Waals surface area contributed by atoms with Gasteiger partial charge in [0, 0.05) is 19.3 Å². The molecule has 1 fully saturated rings. The van der Waals surface area contributed by atoms with Crippen molar-refractivity contribution in [3.63, 3.8) is 0 Å². The highest BCUT2D eigenvalue weighted by atomic mass is 35.5. The van der Waals surface area contributed by atoms with E-state index in [9.17, 15) is 13.2 Å². The van der Waals surface area contributed by atoms with E-state index in [1.165, 1.54) is 22.5 Å². The van der Waals surface area contributed by atoms with E-state index in [2.05, 4.69) is 10.1 Å². The van der Waals surface area contributed by atoms with Crippen molar-refractivity contribution in [2.24, 2.45) is 5.41 Å². The average Bonchev–Trinajstić information content (AvgIpc) is 3.35. The third-order valence-corrected chi connectivity index (χ3v) is 9.82. The predicted molar refractivity (Wildman–Crippen MR) is 146 cm³/mol. The Kier molecular flexibility index (Phi) is 6.23. The largest absolute Gasteiger partial charge is 0.291 e. The molecule has 0 spiro atoms. The number of halogens is 2. The van der Waals surface area contributed by atoms with Crippen LogP contribution in [0.2, 0.25) is 10.0 Å². The van der Waals surface area contributed by atoms with E-state index in [-0.39, 0.29) is 33.8 Å². The molecule has 0 bridgehead atoms. The Labute approximate surface area is 230 Å². The number of carbonyl (C=O) groups excluding carboxylic acids is 1. The second kappa shape index (κ2) is 9.47. The molecule has 1 saturated heterocycles. The van der Waals surface area contributed by atoms with Crippen molar-refractivity contribution in [3.8, 4) is 5.69 Å². The summed E-state index contributed by atoms with van der Waals surface area (Å²) in [5, 5.41) is 5.03. The Bertz CT molecular complexity index is 1690. The number of nitrogens with zero attached hydrogens (tertiary/aromatic N) is 4. The molecule has 0 saturated carbocycles. The van der Waals surface area contributed by atoms with Gasteiger partial charge in [0.2, 0.25) is 10.0 Å². The summed E-state index contributed by atoms with van der Waals surface area (Å²) < 4.78 is 30.7. The van der Waals surface area contributed by atoms with Gasteiger partial charge in [-0.25, -0.2) is 13.1 Å². The van der Waals surface area contributed by atoms with Gasteiger partial charge in [0.25, 0.3) is 0 Å². The summed E-state index contributed by atoms with van der Waals surface area (Å²) in [6.45, 7) is 0.202. The molecule has 38 heavy (non-hydrogen) atoms. The summed E-state index contributed by atoms with van der Waals surface area (Å²) in [6, 6.07) is 19.2. The summed E-state index contributed by atoms with van der Waals surface area (Å²) in [5.74, 6) is -0.212. The number of hydrogen-bond acceptors (Lipinski definition) is 5. The summed E-state index contributed by atoms with van der Waals surface area (Å²) in [4.78, 5) is 18.5. The Morgan fingerprint density at radius 3 is 2.50 bits per heavy atom. The molecule has 1 atom stereocenters. The normalized spacial score (nSPS) is 19.4. The van der Waals surface area contributed by atoms with E-state index < -0.39 is 15.4 Å². The lowest BCUT2D eigenvalue weighted by molar-refractivity contribution is 0.0770. The molecule has 7 nitrogen and oxygen atoms in total. The van der Waals surface area contributed by atoms with Crippen LogP contribution in [0.15, 0.2) is 89.6 Å². The monoisotopic (exact) mass is 564 g/mol. The predicted octanol–water partition coefficient (Wildman–Crippen LogP) is 5.48. The maximum Gasteiger partial charge on any atom is 0.243 e. The Balaban J connectivity index is 1.45. The zero-order valence-corrected chi connectivity index (χ0v) is 22.4. The summed E-state index contributed by atoms with van der Waals surface area (Å²) in [7, 11) is -3.95. The van der Waals surface area contributed by atoms with E-state index in [1.807, 2.05) is 41.1 Å². The number of hydrogen-bond donors (Lipinski definition) is 0. The fraction of sp³-hybridized carbons (Fsp3) is 0.179. The van der Waals surface area contributed by atoms with Gasteiger partial charge in [0.15, 0.2) is 5.78 Å². The Hall–Kier alpha value is -3.30. The molecule has 2 aromatic carbocycles. The number of aromatic nitrogens is 3. The maximum absolute atomic E-state index is 14.2. The summed E-state index contributed by atoms with van der Waals surface area (Å²) >= 11 is 12.2. The zero-order chi connectivity index (χ0) is 26.5. The van der Waals surface area contributed by atoms with Crippen LogP contribution in [0.3, 0.4) is 0 Å². The molecule has 0 unspecified atom stereocenters. The number of para-hydroxylation sites is 1. The van der Waals surface area contributed by atoms with Gasteiger partial charge in [-0.1, -0.05) is 53.0 Å². The molecule has 0 N–H and O–H groups in total. The fourth-order valence-electron chi connectivity index (χ4n) is 5.32. The topological polar surface area (TPSA) is 85.2 Å². The molecule has 2 aromatic heterocycles. The Morgan fingerprint density at radius 2 is 1.76 bits per heavy atom. The standard InChI is InChI=1S/C28H22Cl2N4O3S/c29-23-10-9-22(15-24(23)30)38(36,37)33-13-11-20-14-26-19(17-32-34(26)21-6-2-1-3-7-21)16-28(20,18-33)27(35)25-8-4-5-12-31-25/h1-10,12,14-15,17H,11,13,16,18H2/t28-/m0/s1. The first-order valence-electron chi connectivity index (χ1n) is 12.0. The average molecular weight is 565 g/mol. The van der Waals surface area contributed by atoms with Crippen molar-refractivity contribution in [3.05, 3.63) is 112 Å². The van der Waals surface area contributed by atoms with Gasteiger partial charge in [0.1, 0.15) is 5.69 Å². The molecule has 10 heteroatoms. The van der Waals surface area contributed by atoms with Crippen LogP contribution in [-0.4, -0.2) is 46.4 Å². The van der Waals surface area contributed by atoms with Crippen LogP contribution < -0.4 is 0 Å². The van der Waals surface area contributed by atoms with Crippen molar-refractivity contribution in [2.45, 2.75) is 17.7 Å². The number of Topliss-reactive ketones (excluding diaryl/α,β-unsaturated/α-hetero) is 1. The number of carbonyl (C=O) groups is 1. The molecule has 1 aliphatic carbocycles. The molecule has 4 aromatic rings. The van der Waals surface area contributed by atoms with Crippen molar-refractivity contribution < 1.29 is 13.2 Å². The number of pyridine rings is 1. The van der Waals surface area contributed by atoms with Crippen molar-refractivity contribution in [2.75, 3.05) is 13.1 Å². The molecular weight excluding hydrogens is 543 g/mol. The van der Waals surface area contributed by atoms with Gasteiger partial charge >= 0.3 is 0 Å². The number of sulfonamides is 1. The lowest BCUT2D eigenvalue weighted by Crippen LogP contribution is -2.53. The van der Waals surface area contributed by atoms with E-state index in [1.54, 1.807) is 30.6 Å². The maximum atomic E-state index is 14.2. The highest BCUT2D eigenvalue weighted by molar-refractivity contribution is 7.89. The molecule has 2 aliphatic rings. The highest BCUT2D eigenvalue weighted by Gasteiger charge is 2.51. The minimum absolute atomic E-state index is 0.0211. The van der Waals surface area contributed by atoms with Crippen molar-refractivity contribution in [1.82, 2.24) is 19.1 Å². The number of fused-ring (bicyclic) bond motifs is 2. The first-order chi connectivity index (χ1) is 18.3. The van der Waals surface area contributed by atoms with Crippen LogP contribution in [0, 0.1) is 5.41 Å². The van der Waals surface area contributed by atoms with Crippen LogP contribution in [0.4, 0.5) is 0 Å². The minimum atomic E-state index is -3.95. The van der Waals surface area contributed by atoms with Gasteiger partial charge in [-0.05, 0) is 66.9 Å². The van der Waals surface area contributed by atoms with Crippen LogP contribution in [0.5, 0.6) is 0 Å². The van der Waals surface area contributed by atoms with Crippen LogP contribution in [0.25, 0.3) is 11.8 Å². The molecule has 0 amide bonds. The minimum Gasteiger partial charge on any atom is -0.291 e. The third kappa shape index (κ3) is 4.08. The van der Waals surface area contributed by atoms with Gasteiger partial charge < -0.3 is 0 Å². The summed E-state index contributed by atoms with van der Waals surface area (Å²) in [5.41, 5.74) is 2.74. The van der Waals surface area contributed by atoms with Crippen molar-refractivity contribution >= 4 is 45.1 Å². The SMILES string of the molecule is O=C(c1ccccn1)[C@]12Cc3cnn(-c4ccccc4)c3C=C1CCN(S(=O)(=O)c1ccc(Cl)c(Cl)c1)C2. The number of ketones is 1. The smallest absolute Gasteiger partial charge is 0.243 e. The highest BCUT2D eigenvalue weighted by Crippen LogP contribution is 2.47. The van der Waals surface area contributed by atoms with Gasteiger partial charge in [0.05, 0.1) is 37.9 Å². The third-order valence-electron chi connectivity index (χ3n) is 7.24. The lowest BCUT2D eigenvalue weighted by atomic mass is 9.65. The van der Waals surface area contributed by atoms with Crippen LogP contribution in [0.1, 0.15) is 28.2 Å². The van der Waals surface area contributed by atoms with E-state index >= 15 is 0 Å². The van der Waals surface area contributed by atoms with E-state index in [0.717, 1.165) is 22.5 Å². The lowest BCUT2D eigenvalue weighted by Gasteiger charge is -2.44. The number of rotatable bonds is 5. The molecule has 3 heterocycles. The van der Waals surface area contributed by atoms with Gasteiger partial charge in [-0.15, -0.1) is 0 Å². The zero-order valence-electron chi connectivity index (χ0n) is 20.1. The van der Waals surface area contributed by atoms with Crippen molar-refractivity contribution in [1.29, 1.82) is 0 Å². The molecule has 0 radical (unpaired) electrons. The van der Waals surface area contributed by atoms with Gasteiger partial charge in [-0.2, -0.15) is 9.40 Å². The fourth-order valence-corrected chi connectivity index (χ4v) is 7.21. The molecular formula is C28H22Cl2N4O3S. The number of piperidine rings is 1. The quantitative estimate of drug-likeness (QED) is 0.300. The van der Waals surface area contributed by atoms with Crippen LogP contribution >= 0.6 is 23.2 Å². The second-order valence-electron chi connectivity index (χ2n) is 9.44. The number of benzene rings is 2. The first kappa shape index (κ1) is 25.0. The molecule has 1 aliphatic heterocycles. The molecule has 192 valence electrons. The second-order valence-corrected chi connectivity index (χ2v) is 12.2. The van der Waals surface area contributed by atoms with Crippen LogP contribution in [-0.2, 0) is 16.4 Å². The molecule has 6 rings (SSSR count). The van der Waals surface area contributed by atoms with E-state index in [0.29, 0.717) is 18.5 Å². The Morgan fingerprint density at radius 1 is 0.974 bits per heavy atom. The van der Waals surface area contributed by atoms with E-state index in [4.69, 9.17) is 23.2 Å². The summed E-state index contributed by atoms with van der Waals surface area (Å²) in [6.07, 6.45) is 6.03.